The normalized spacial score (nSPS) is 10.2. The van der Waals surface area contributed by atoms with E-state index >= 15 is 0 Å². The monoisotopic (exact) mass is 228 g/mol. The molecule has 0 aliphatic rings. The molecule has 2 rings (SSSR count). The van der Waals surface area contributed by atoms with E-state index in [9.17, 15) is 5.11 Å². The number of hydrogen-bond donors (Lipinski definition) is 2. The fourth-order valence-electron chi connectivity index (χ4n) is 1.65. The number of benzene rings is 1. The van der Waals surface area contributed by atoms with E-state index in [1.165, 1.54) is 5.57 Å². The number of pyridine rings is 1. The fraction of sp³-hybridized carbons (Fsp3) is 0.214. The second-order valence-electron chi connectivity index (χ2n) is 4.23. The van der Waals surface area contributed by atoms with Gasteiger partial charge in [0.05, 0.1) is 0 Å². The van der Waals surface area contributed by atoms with Crippen LogP contribution in [0.25, 0.3) is 10.8 Å². The lowest BCUT2D eigenvalue weighted by atomic mass is 10.1. The van der Waals surface area contributed by atoms with Crippen molar-refractivity contribution in [1.29, 1.82) is 0 Å². The zero-order chi connectivity index (χ0) is 12.3. The number of fused-ring (bicyclic) bond motifs is 1. The predicted octanol–water partition coefficient (Wildman–Crippen LogP) is 3.32. The zero-order valence-corrected chi connectivity index (χ0v) is 10.1. The third kappa shape index (κ3) is 2.75. The second kappa shape index (κ2) is 4.87. The summed E-state index contributed by atoms with van der Waals surface area (Å²) in [5, 5.41) is 14.8. The van der Waals surface area contributed by atoms with Crippen molar-refractivity contribution >= 4 is 16.6 Å². The second-order valence-corrected chi connectivity index (χ2v) is 4.23. The van der Waals surface area contributed by atoms with E-state index in [0.29, 0.717) is 0 Å². The van der Waals surface area contributed by atoms with E-state index in [1.54, 1.807) is 18.3 Å². The fourth-order valence-corrected chi connectivity index (χ4v) is 1.65. The molecule has 0 radical (unpaired) electrons. The number of nitrogens with one attached hydrogen (secondary N) is 1. The van der Waals surface area contributed by atoms with Gasteiger partial charge in [-0.15, -0.1) is 0 Å². The Labute approximate surface area is 101 Å². The molecule has 3 heteroatoms. The molecule has 1 heterocycles. The van der Waals surface area contributed by atoms with Crippen LogP contribution in [0.3, 0.4) is 0 Å². The minimum Gasteiger partial charge on any atom is -0.508 e. The molecule has 0 unspecified atom stereocenters. The average molecular weight is 228 g/mol. The highest BCUT2D eigenvalue weighted by atomic mass is 16.3. The summed E-state index contributed by atoms with van der Waals surface area (Å²) in [7, 11) is 0. The van der Waals surface area contributed by atoms with Gasteiger partial charge in [0, 0.05) is 18.1 Å². The Hall–Kier alpha value is -2.03. The Bertz CT molecular complexity index is 557. The number of aromatic hydroxyl groups is 1. The van der Waals surface area contributed by atoms with Crippen molar-refractivity contribution in [2.45, 2.75) is 13.8 Å². The van der Waals surface area contributed by atoms with Crippen molar-refractivity contribution in [2.24, 2.45) is 0 Å². The molecule has 0 saturated carbocycles. The first-order chi connectivity index (χ1) is 8.16. The molecule has 0 atom stereocenters. The van der Waals surface area contributed by atoms with Crippen LogP contribution in [0, 0.1) is 0 Å². The van der Waals surface area contributed by atoms with Gasteiger partial charge in [-0.2, -0.15) is 0 Å². The maximum Gasteiger partial charge on any atom is 0.134 e. The average Bonchev–Trinajstić information content (AvgIpc) is 2.29. The molecule has 0 aliphatic carbocycles. The van der Waals surface area contributed by atoms with Crippen LogP contribution in [0.5, 0.6) is 5.75 Å². The number of hydrogen-bond acceptors (Lipinski definition) is 3. The van der Waals surface area contributed by atoms with Gasteiger partial charge in [0.15, 0.2) is 0 Å². The SMILES string of the molecule is CC(C)=CCNc1nccc2ccc(O)cc12. The molecule has 2 aromatic rings. The summed E-state index contributed by atoms with van der Waals surface area (Å²) >= 11 is 0. The van der Waals surface area contributed by atoms with Gasteiger partial charge in [0.1, 0.15) is 11.6 Å². The molecule has 2 N–H and O–H groups in total. The lowest BCUT2D eigenvalue weighted by Gasteiger charge is -2.07. The molecule has 0 amide bonds. The highest BCUT2D eigenvalue weighted by molar-refractivity contribution is 5.92. The Balaban J connectivity index is 2.33. The smallest absolute Gasteiger partial charge is 0.134 e. The first-order valence-corrected chi connectivity index (χ1v) is 5.62. The quantitative estimate of drug-likeness (QED) is 0.792. The van der Waals surface area contributed by atoms with Gasteiger partial charge in [0.25, 0.3) is 0 Å². The van der Waals surface area contributed by atoms with Crippen LogP contribution in [0.4, 0.5) is 5.82 Å². The topological polar surface area (TPSA) is 45.2 Å². The first-order valence-electron chi connectivity index (χ1n) is 5.62. The van der Waals surface area contributed by atoms with Gasteiger partial charge in [-0.05, 0) is 37.4 Å². The molecule has 1 aromatic heterocycles. The maximum absolute atomic E-state index is 9.50. The molecule has 0 aliphatic heterocycles. The van der Waals surface area contributed by atoms with Crippen LogP contribution in [-0.4, -0.2) is 16.6 Å². The molecule has 0 spiro atoms. The number of nitrogens with zero attached hydrogens (tertiary/aromatic N) is 1. The summed E-state index contributed by atoms with van der Waals surface area (Å²) in [5.74, 6) is 1.06. The summed E-state index contributed by atoms with van der Waals surface area (Å²) in [6, 6.07) is 7.23. The van der Waals surface area contributed by atoms with Gasteiger partial charge in [-0.1, -0.05) is 17.7 Å². The van der Waals surface area contributed by atoms with Crippen molar-refractivity contribution in [2.75, 3.05) is 11.9 Å². The number of rotatable bonds is 3. The van der Waals surface area contributed by atoms with Crippen LogP contribution >= 0.6 is 0 Å². The Morgan fingerprint density at radius 3 is 2.94 bits per heavy atom. The number of allylic oxidation sites excluding steroid dienone is 1. The van der Waals surface area contributed by atoms with Gasteiger partial charge in [0.2, 0.25) is 0 Å². The first kappa shape index (κ1) is 11.5. The van der Waals surface area contributed by atoms with Gasteiger partial charge < -0.3 is 10.4 Å². The maximum atomic E-state index is 9.50. The van der Waals surface area contributed by atoms with E-state index in [1.807, 2.05) is 12.1 Å². The van der Waals surface area contributed by atoms with E-state index < -0.39 is 0 Å². The van der Waals surface area contributed by atoms with Crippen LogP contribution in [0.1, 0.15) is 13.8 Å². The summed E-state index contributed by atoms with van der Waals surface area (Å²) in [6.45, 7) is 4.86. The molecule has 0 fully saturated rings. The van der Waals surface area contributed by atoms with Gasteiger partial charge >= 0.3 is 0 Å². The molecule has 0 saturated heterocycles. The Kier molecular flexibility index (Phi) is 3.28. The van der Waals surface area contributed by atoms with Crippen LogP contribution < -0.4 is 5.32 Å². The van der Waals surface area contributed by atoms with E-state index in [4.69, 9.17) is 0 Å². The van der Waals surface area contributed by atoms with Gasteiger partial charge in [-0.3, -0.25) is 0 Å². The van der Waals surface area contributed by atoms with Crippen LogP contribution in [-0.2, 0) is 0 Å². The highest BCUT2D eigenvalue weighted by Gasteiger charge is 2.01. The van der Waals surface area contributed by atoms with Crippen molar-refractivity contribution in [3.63, 3.8) is 0 Å². The predicted molar refractivity (Wildman–Crippen MR) is 71.3 cm³/mol. The van der Waals surface area contributed by atoms with Crippen molar-refractivity contribution < 1.29 is 5.11 Å². The molecule has 3 nitrogen and oxygen atoms in total. The van der Waals surface area contributed by atoms with E-state index in [2.05, 4.69) is 30.2 Å². The zero-order valence-electron chi connectivity index (χ0n) is 10.1. The molecule has 0 bridgehead atoms. The standard InChI is InChI=1S/C14H16N2O/c1-10(2)5-7-15-14-13-9-12(17)4-3-11(13)6-8-16-14/h3-6,8-9,17H,7H2,1-2H3,(H,15,16). The van der Waals surface area contributed by atoms with Crippen LogP contribution in [0.15, 0.2) is 42.1 Å². The van der Waals surface area contributed by atoms with Crippen molar-refractivity contribution in [3.8, 4) is 5.75 Å². The van der Waals surface area contributed by atoms with E-state index in [-0.39, 0.29) is 5.75 Å². The Morgan fingerprint density at radius 1 is 1.35 bits per heavy atom. The number of phenolic OH excluding ortho intramolecular Hbond substituents is 1. The summed E-state index contributed by atoms with van der Waals surface area (Å²) in [6.07, 6.45) is 3.87. The number of phenols is 1. The summed E-state index contributed by atoms with van der Waals surface area (Å²) in [5.41, 5.74) is 1.26. The number of anilines is 1. The Morgan fingerprint density at radius 2 is 2.18 bits per heavy atom. The molecule has 1 aromatic carbocycles. The minimum atomic E-state index is 0.260. The summed E-state index contributed by atoms with van der Waals surface area (Å²) in [4.78, 5) is 4.29. The highest BCUT2D eigenvalue weighted by Crippen LogP contribution is 2.24. The summed E-state index contributed by atoms with van der Waals surface area (Å²) < 4.78 is 0. The molecular formula is C14H16N2O. The van der Waals surface area contributed by atoms with Crippen LogP contribution in [0.2, 0.25) is 0 Å². The largest absolute Gasteiger partial charge is 0.508 e. The van der Waals surface area contributed by atoms with Crippen molar-refractivity contribution in [1.82, 2.24) is 4.98 Å². The van der Waals surface area contributed by atoms with E-state index in [0.717, 1.165) is 23.1 Å². The molecular weight excluding hydrogens is 212 g/mol. The lowest BCUT2D eigenvalue weighted by molar-refractivity contribution is 0.476. The lowest BCUT2D eigenvalue weighted by Crippen LogP contribution is -2.01. The minimum absolute atomic E-state index is 0.260. The third-order valence-electron chi connectivity index (χ3n) is 2.53. The number of aromatic nitrogens is 1. The van der Waals surface area contributed by atoms with Crippen molar-refractivity contribution in [3.05, 3.63) is 42.1 Å². The third-order valence-corrected chi connectivity index (χ3v) is 2.53. The molecule has 88 valence electrons. The van der Waals surface area contributed by atoms with Gasteiger partial charge in [-0.25, -0.2) is 4.98 Å². The molecule has 17 heavy (non-hydrogen) atoms.